The van der Waals surface area contributed by atoms with Crippen LogP contribution in [0.1, 0.15) is 22.8 Å². The molecule has 2 rings (SSSR count). The molecule has 1 aliphatic rings. The second-order valence-electron chi connectivity index (χ2n) is 5.17. The zero-order chi connectivity index (χ0) is 14.8. The quantitative estimate of drug-likeness (QED) is 0.886. The first kappa shape index (κ1) is 14.1. The summed E-state index contributed by atoms with van der Waals surface area (Å²) < 4.78 is 0. The zero-order valence-corrected chi connectivity index (χ0v) is 11.5. The van der Waals surface area contributed by atoms with Gasteiger partial charge >= 0.3 is 5.97 Å². The van der Waals surface area contributed by atoms with E-state index in [1.54, 1.807) is 49.4 Å². The number of nitrogens with one attached hydrogen (secondary N) is 1. The van der Waals surface area contributed by atoms with Crippen LogP contribution in [0.4, 0.5) is 0 Å². The van der Waals surface area contributed by atoms with E-state index >= 15 is 0 Å². The molecule has 1 aromatic rings. The van der Waals surface area contributed by atoms with Gasteiger partial charge in [-0.05, 0) is 26.0 Å². The van der Waals surface area contributed by atoms with Gasteiger partial charge in [0.2, 0.25) is 0 Å². The molecular formula is C16H17NO3. The number of carboxylic acid groups (broad SMARTS) is 1. The van der Waals surface area contributed by atoms with Gasteiger partial charge < -0.3 is 10.4 Å². The Balaban J connectivity index is 2.23. The van der Waals surface area contributed by atoms with Gasteiger partial charge in [0.1, 0.15) is 5.92 Å². The van der Waals surface area contributed by atoms with Gasteiger partial charge in [0, 0.05) is 5.56 Å². The number of aryl methyl sites for hydroxylation is 1. The van der Waals surface area contributed by atoms with E-state index in [1.807, 2.05) is 13.0 Å². The van der Waals surface area contributed by atoms with Crippen LogP contribution in [0, 0.1) is 12.8 Å². The fourth-order valence-corrected chi connectivity index (χ4v) is 2.30. The Kier molecular flexibility index (Phi) is 3.74. The molecule has 2 N–H and O–H groups in total. The number of rotatable bonds is 3. The van der Waals surface area contributed by atoms with Crippen molar-refractivity contribution in [2.75, 3.05) is 0 Å². The monoisotopic (exact) mass is 271 g/mol. The Morgan fingerprint density at radius 1 is 1.30 bits per heavy atom. The normalized spacial score (nSPS) is 24.4. The number of carbonyl (C=O) groups is 2. The Morgan fingerprint density at radius 2 is 2.05 bits per heavy atom. The third-order valence-corrected chi connectivity index (χ3v) is 3.43. The first-order chi connectivity index (χ1) is 9.42. The molecule has 4 nitrogen and oxygen atoms in total. The van der Waals surface area contributed by atoms with Crippen LogP contribution in [0.15, 0.2) is 48.6 Å². The maximum absolute atomic E-state index is 12.3. The smallest absolute Gasteiger partial charge is 0.313 e. The second kappa shape index (κ2) is 5.33. The lowest BCUT2D eigenvalue weighted by Crippen LogP contribution is -2.52. The molecule has 0 aliphatic heterocycles. The number of benzene rings is 1. The molecule has 0 radical (unpaired) electrons. The molecular weight excluding hydrogens is 254 g/mol. The van der Waals surface area contributed by atoms with Crippen molar-refractivity contribution in [1.82, 2.24) is 5.32 Å². The standard InChI is InChI=1S/C16H17NO3/c1-11-6-5-7-12(10-11)14(18)17-16(2)9-4-3-8-13(16)15(19)20/h3-10,13H,1-2H3,(H,17,18)(H,19,20). The molecule has 1 amide bonds. The van der Waals surface area contributed by atoms with Crippen LogP contribution in [0.5, 0.6) is 0 Å². The molecule has 0 spiro atoms. The molecule has 1 aliphatic carbocycles. The molecule has 0 aromatic heterocycles. The van der Waals surface area contributed by atoms with Gasteiger partial charge in [0.25, 0.3) is 5.91 Å². The average molecular weight is 271 g/mol. The minimum absolute atomic E-state index is 0.276. The molecule has 2 unspecified atom stereocenters. The molecule has 2 atom stereocenters. The minimum Gasteiger partial charge on any atom is -0.481 e. The van der Waals surface area contributed by atoms with E-state index in [-0.39, 0.29) is 5.91 Å². The summed E-state index contributed by atoms with van der Waals surface area (Å²) in [5.41, 5.74) is 0.580. The van der Waals surface area contributed by atoms with Crippen LogP contribution in [-0.4, -0.2) is 22.5 Å². The van der Waals surface area contributed by atoms with Crippen LogP contribution >= 0.6 is 0 Å². The Bertz CT molecular complexity index is 603. The van der Waals surface area contributed by atoms with Crippen molar-refractivity contribution < 1.29 is 14.7 Å². The Morgan fingerprint density at radius 3 is 2.70 bits per heavy atom. The highest BCUT2D eigenvalue weighted by molar-refractivity contribution is 5.95. The fourth-order valence-electron chi connectivity index (χ4n) is 2.30. The van der Waals surface area contributed by atoms with Crippen LogP contribution in [-0.2, 0) is 4.79 Å². The third kappa shape index (κ3) is 2.79. The summed E-state index contributed by atoms with van der Waals surface area (Å²) in [7, 11) is 0. The first-order valence-corrected chi connectivity index (χ1v) is 6.40. The molecule has 0 saturated carbocycles. The highest BCUT2D eigenvalue weighted by Gasteiger charge is 2.38. The number of allylic oxidation sites excluding steroid dienone is 2. The lowest BCUT2D eigenvalue weighted by atomic mass is 9.82. The highest BCUT2D eigenvalue weighted by atomic mass is 16.4. The second-order valence-corrected chi connectivity index (χ2v) is 5.17. The lowest BCUT2D eigenvalue weighted by molar-refractivity contribution is -0.141. The van der Waals surface area contributed by atoms with Crippen molar-refractivity contribution in [2.24, 2.45) is 5.92 Å². The Labute approximate surface area is 117 Å². The molecule has 20 heavy (non-hydrogen) atoms. The van der Waals surface area contributed by atoms with E-state index in [0.717, 1.165) is 5.56 Å². The van der Waals surface area contributed by atoms with Crippen LogP contribution in [0.2, 0.25) is 0 Å². The summed E-state index contributed by atoms with van der Waals surface area (Å²) in [5, 5.41) is 12.1. The predicted octanol–water partition coefficient (Wildman–Crippen LogP) is 2.31. The van der Waals surface area contributed by atoms with Gasteiger partial charge in [0.05, 0.1) is 5.54 Å². The van der Waals surface area contributed by atoms with E-state index in [4.69, 9.17) is 0 Å². The largest absolute Gasteiger partial charge is 0.481 e. The number of carbonyl (C=O) groups excluding carboxylic acids is 1. The minimum atomic E-state index is -0.961. The van der Waals surface area contributed by atoms with Crippen molar-refractivity contribution in [2.45, 2.75) is 19.4 Å². The number of carboxylic acids is 1. The molecule has 1 aromatic carbocycles. The van der Waals surface area contributed by atoms with Crippen molar-refractivity contribution in [1.29, 1.82) is 0 Å². The SMILES string of the molecule is Cc1cccc(C(=O)NC2(C)C=CC=CC2C(=O)O)c1. The fraction of sp³-hybridized carbons (Fsp3) is 0.250. The summed E-state index contributed by atoms with van der Waals surface area (Å²) >= 11 is 0. The summed E-state index contributed by atoms with van der Waals surface area (Å²) in [6.45, 7) is 3.61. The summed E-state index contributed by atoms with van der Waals surface area (Å²) in [6, 6.07) is 7.19. The highest BCUT2D eigenvalue weighted by Crippen LogP contribution is 2.25. The average Bonchev–Trinajstić information content (AvgIpc) is 2.38. The van der Waals surface area contributed by atoms with Crippen molar-refractivity contribution >= 4 is 11.9 Å². The Hall–Kier alpha value is -2.36. The van der Waals surface area contributed by atoms with Gasteiger partial charge in [-0.1, -0.05) is 42.0 Å². The topological polar surface area (TPSA) is 66.4 Å². The molecule has 0 bridgehead atoms. The number of hydrogen-bond acceptors (Lipinski definition) is 2. The lowest BCUT2D eigenvalue weighted by Gasteiger charge is -2.33. The summed E-state index contributed by atoms with van der Waals surface area (Å²) in [4.78, 5) is 23.6. The van der Waals surface area contributed by atoms with Gasteiger partial charge in [-0.3, -0.25) is 9.59 Å². The van der Waals surface area contributed by atoms with Crippen LogP contribution < -0.4 is 5.32 Å². The predicted molar refractivity (Wildman–Crippen MR) is 76.5 cm³/mol. The van der Waals surface area contributed by atoms with E-state index < -0.39 is 17.4 Å². The first-order valence-electron chi connectivity index (χ1n) is 6.40. The van der Waals surface area contributed by atoms with Gasteiger partial charge in [0.15, 0.2) is 0 Å². The molecule has 104 valence electrons. The molecule has 0 fully saturated rings. The third-order valence-electron chi connectivity index (χ3n) is 3.43. The van der Waals surface area contributed by atoms with Crippen molar-refractivity contribution in [3.63, 3.8) is 0 Å². The van der Waals surface area contributed by atoms with E-state index in [9.17, 15) is 14.7 Å². The van der Waals surface area contributed by atoms with Crippen molar-refractivity contribution in [3.8, 4) is 0 Å². The molecule has 0 saturated heterocycles. The van der Waals surface area contributed by atoms with Gasteiger partial charge in [-0.25, -0.2) is 0 Å². The maximum atomic E-state index is 12.3. The molecule has 0 heterocycles. The van der Waals surface area contributed by atoms with Gasteiger partial charge in [-0.2, -0.15) is 0 Å². The number of amides is 1. The van der Waals surface area contributed by atoms with Gasteiger partial charge in [-0.15, -0.1) is 0 Å². The van der Waals surface area contributed by atoms with Crippen molar-refractivity contribution in [3.05, 3.63) is 59.7 Å². The van der Waals surface area contributed by atoms with E-state index in [1.165, 1.54) is 0 Å². The van der Waals surface area contributed by atoms with Crippen LogP contribution in [0.3, 0.4) is 0 Å². The van der Waals surface area contributed by atoms with Crippen LogP contribution in [0.25, 0.3) is 0 Å². The molecule has 4 heteroatoms. The van der Waals surface area contributed by atoms with E-state index in [0.29, 0.717) is 5.56 Å². The van der Waals surface area contributed by atoms with E-state index in [2.05, 4.69) is 5.32 Å². The zero-order valence-electron chi connectivity index (χ0n) is 11.5. The number of hydrogen-bond donors (Lipinski definition) is 2. The summed E-state index contributed by atoms with van der Waals surface area (Å²) in [6.07, 6.45) is 6.72. The summed E-state index contributed by atoms with van der Waals surface area (Å²) in [5.74, 6) is -2.01. The number of aliphatic carboxylic acids is 1. The maximum Gasteiger partial charge on any atom is 0.313 e.